The molecule has 4 aromatic rings. The van der Waals surface area contributed by atoms with Gasteiger partial charge < -0.3 is 38.6 Å². The van der Waals surface area contributed by atoms with Crippen LogP contribution in [0.15, 0.2) is 121 Å². The van der Waals surface area contributed by atoms with E-state index in [1.807, 2.05) is 97.1 Å². The molecule has 4 aromatic carbocycles. The van der Waals surface area contributed by atoms with Gasteiger partial charge in [-0.25, -0.2) is 0 Å². The van der Waals surface area contributed by atoms with Crippen LogP contribution in [0.2, 0.25) is 0 Å². The average molecular weight is 679 g/mol. The highest BCUT2D eigenvalue weighted by molar-refractivity contribution is 5.22. The van der Waals surface area contributed by atoms with Gasteiger partial charge in [0.15, 0.2) is 0 Å². The van der Waals surface area contributed by atoms with Crippen molar-refractivity contribution in [2.24, 2.45) is 0 Å². The molecule has 0 unspecified atom stereocenters. The van der Waals surface area contributed by atoms with Gasteiger partial charge in [0.2, 0.25) is 11.6 Å². The van der Waals surface area contributed by atoms with Crippen molar-refractivity contribution >= 4 is 0 Å². The molecule has 1 aliphatic carbocycles. The molecule has 3 saturated heterocycles. The van der Waals surface area contributed by atoms with Gasteiger partial charge in [-0.2, -0.15) is 0 Å². The third-order valence-electron chi connectivity index (χ3n) is 10.8. The molecule has 1 saturated carbocycles. The molecular formula is C42H46O8. The summed E-state index contributed by atoms with van der Waals surface area (Å²) in [7, 11) is 0. The highest BCUT2D eigenvalue weighted by Crippen LogP contribution is 2.57. The van der Waals surface area contributed by atoms with Crippen molar-refractivity contribution in [1.29, 1.82) is 0 Å². The largest absolute Gasteiger partial charge is 0.387 e. The van der Waals surface area contributed by atoms with Gasteiger partial charge in [-0.1, -0.05) is 121 Å². The number of hydrogen-bond acceptors (Lipinski definition) is 8. The molecule has 8 nitrogen and oxygen atoms in total. The minimum Gasteiger partial charge on any atom is -0.387 e. The first-order valence-corrected chi connectivity index (χ1v) is 18.0. The minimum atomic E-state index is -1.32. The van der Waals surface area contributed by atoms with Gasteiger partial charge in [-0.3, -0.25) is 0 Å². The summed E-state index contributed by atoms with van der Waals surface area (Å²) in [5.74, 6) is -2.64. The van der Waals surface area contributed by atoms with E-state index in [-0.39, 0.29) is 25.4 Å². The van der Waals surface area contributed by atoms with E-state index in [4.69, 9.17) is 28.4 Å². The molecule has 0 bridgehead atoms. The van der Waals surface area contributed by atoms with E-state index in [1.165, 1.54) is 0 Å². The van der Waals surface area contributed by atoms with Crippen LogP contribution in [0.4, 0.5) is 0 Å². The van der Waals surface area contributed by atoms with Crippen LogP contribution < -0.4 is 0 Å². The maximum absolute atomic E-state index is 11.8. The second-order valence-electron chi connectivity index (χ2n) is 14.0. The molecule has 0 amide bonds. The molecule has 0 radical (unpaired) electrons. The lowest BCUT2D eigenvalue weighted by atomic mass is 9.79. The summed E-state index contributed by atoms with van der Waals surface area (Å²) >= 11 is 0. The first-order chi connectivity index (χ1) is 24.5. The Morgan fingerprint density at radius 3 is 1.24 bits per heavy atom. The molecule has 262 valence electrons. The summed E-state index contributed by atoms with van der Waals surface area (Å²) in [6, 6.07) is 40.0. The zero-order chi connectivity index (χ0) is 34.0. The number of benzene rings is 4. The SMILES string of the molecule is O[C@@H]1[C@H](O)[C@H](OCc2ccccc2)[C@H]2O[C@@]3(CCC[C@@H](c4ccccc4)O3)[C@]3(CCC[C@@H](c4ccccc4)O3)O[C@@H]2[C@H]1OCc1ccccc1. The van der Waals surface area contributed by atoms with Crippen LogP contribution in [0.5, 0.6) is 0 Å². The zero-order valence-corrected chi connectivity index (χ0v) is 28.2. The van der Waals surface area contributed by atoms with E-state index >= 15 is 0 Å². The number of ether oxygens (including phenoxy) is 6. The topological polar surface area (TPSA) is 95.8 Å². The molecular weight excluding hydrogens is 632 g/mol. The van der Waals surface area contributed by atoms with Gasteiger partial charge in [-0.05, 0) is 47.9 Å². The smallest absolute Gasteiger partial charge is 0.224 e. The van der Waals surface area contributed by atoms with Crippen molar-refractivity contribution in [2.75, 3.05) is 0 Å². The van der Waals surface area contributed by atoms with Crippen molar-refractivity contribution in [3.63, 3.8) is 0 Å². The molecule has 10 atom stereocenters. The van der Waals surface area contributed by atoms with Gasteiger partial charge in [0.05, 0.1) is 25.4 Å². The zero-order valence-electron chi connectivity index (χ0n) is 28.2. The molecule has 4 fully saturated rings. The maximum Gasteiger partial charge on any atom is 0.224 e. The Balaban J connectivity index is 1.19. The Labute approximate surface area is 293 Å². The van der Waals surface area contributed by atoms with Crippen LogP contribution in [0, 0.1) is 0 Å². The number of hydrogen-bond donors (Lipinski definition) is 2. The normalized spacial score (nSPS) is 35.5. The molecule has 2 N–H and O–H groups in total. The second-order valence-corrected chi connectivity index (χ2v) is 14.0. The summed E-state index contributed by atoms with van der Waals surface area (Å²) in [6.07, 6.45) is -2.34. The summed E-state index contributed by atoms with van der Waals surface area (Å²) in [6.45, 7) is 0.436. The fourth-order valence-corrected chi connectivity index (χ4v) is 8.23. The summed E-state index contributed by atoms with van der Waals surface area (Å²) in [5, 5.41) is 23.5. The van der Waals surface area contributed by atoms with E-state index in [0.29, 0.717) is 12.8 Å². The Kier molecular flexibility index (Phi) is 9.88. The van der Waals surface area contributed by atoms with Crippen LogP contribution in [0.25, 0.3) is 0 Å². The first-order valence-electron chi connectivity index (χ1n) is 18.0. The minimum absolute atomic E-state index is 0.218. The lowest BCUT2D eigenvalue weighted by molar-refractivity contribution is -0.514. The molecule has 2 spiro atoms. The van der Waals surface area contributed by atoms with Crippen LogP contribution in [0.3, 0.4) is 0 Å². The van der Waals surface area contributed by atoms with E-state index < -0.39 is 48.2 Å². The second kappa shape index (κ2) is 14.7. The number of fused-ring (bicyclic) bond motifs is 2. The molecule has 4 aliphatic rings. The summed E-state index contributed by atoms with van der Waals surface area (Å²) in [5.41, 5.74) is 4.00. The average Bonchev–Trinajstić information content (AvgIpc) is 3.18. The van der Waals surface area contributed by atoms with Crippen LogP contribution in [0.1, 0.15) is 73.0 Å². The molecule has 8 heteroatoms. The van der Waals surface area contributed by atoms with Crippen LogP contribution in [-0.4, -0.2) is 58.4 Å². The molecule has 3 aliphatic heterocycles. The van der Waals surface area contributed by atoms with Gasteiger partial charge in [0.1, 0.15) is 36.6 Å². The quantitative estimate of drug-likeness (QED) is 0.207. The number of aliphatic hydroxyl groups is 2. The Morgan fingerprint density at radius 1 is 0.500 bits per heavy atom. The standard InChI is InChI=1S/C42H46O8/c43-35-36(44)38(46-28-30-17-7-2-8-18-30)40-39(37(35)45-27-29-15-5-1-6-16-29)49-41(25-13-23-33(47-41)31-19-9-3-10-20-31)42(50-40)26-14-24-34(48-42)32-21-11-4-12-22-32/h1-12,15-22,33-40,43-44H,13-14,23-28H2/t33-,34-,35-,36+,37-,38-,39+,40+,41-,42-/m0/s1. The van der Waals surface area contributed by atoms with Crippen LogP contribution >= 0.6 is 0 Å². The monoisotopic (exact) mass is 678 g/mol. The summed E-state index contributed by atoms with van der Waals surface area (Å²) < 4.78 is 41.9. The predicted octanol–water partition coefficient (Wildman–Crippen LogP) is 6.95. The lowest BCUT2D eigenvalue weighted by Crippen LogP contribution is -2.77. The highest BCUT2D eigenvalue weighted by Gasteiger charge is 2.69. The summed E-state index contributed by atoms with van der Waals surface area (Å²) in [4.78, 5) is 0. The van der Waals surface area contributed by atoms with Gasteiger partial charge >= 0.3 is 0 Å². The van der Waals surface area contributed by atoms with E-state index in [2.05, 4.69) is 24.3 Å². The van der Waals surface area contributed by atoms with E-state index in [1.54, 1.807) is 0 Å². The third-order valence-corrected chi connectivity index (χ3v) is 10.8. The Bertz CT molecular complexity index is 1530. The molecule has 50 heavy (non-hydrogen) atoms. The fraction of sp³-hybridized carbons (Fsp3) is 0.429. The predicted molar refractivity (Wildman–Crippen MR) is 185 cm³/mol. The van der Waals surface area contributed by atoms with Crippen molar-refractivity contribution in [1.82, 2.24) is 0 Å². The number of rotatable bonds is 8. The van der Waals surface area contributed by atoms with Crippen LogP contribution in [-0.2, 0) is 41.6 Å². The lowest BCUT2D eigenvalue weighted by Gasteiger charge is -2.63. The van der Waals surface area contributed by atoms with Gasteiger partial charge in [-0.15, -0.1) is 0 Å². The van der Waals surface area contributed by atoms with Crippen molar-refractivity contribution < 1.29 is 38.6 Å². The molecule has 0 aromatic heterocycles. The van der Waals surface area contributed by atoms with E-state index in [0.717, 1.165) is 47.9 Å². The third kappa shape index (κ3) is 6.56. The first kappa shape index (κ1) is 33.7. The van der Waals surface area contributed by atoms with Gasteiger partial charge in [0, 0.05) is 12.8 Å². The van der Waals surface area contributed by atoms with Gasteiger partial charge in [0.25, 0.3) is 0 Å². The van der Waals surface area contributed by atoms with E-state index in [9.17, 15) is 10.2 Å². The fourth-order valence-electron chi connectivity index (χ4n) is 8.23. The van der Waals surface area contributed by atoms with Crippen molar-refractivity contribution in [3.8, 4) is 0 Å². The maximum atomic E-state index is 11.8. The Morgan fingerprint density at radius 2 is 0.860 bits per heavy atom. The molecule has 3 heterocycles. The molecule has 8 rings (SSSR count). The Hall–Kier alpha value is -3.44. The van der Waals surface area contributed by atoms with Crippen molar-refractivity contribution in [3.05, 3.63) is 144 Å². The highest BCUT2D eigenvalue weighted by atomic mass is 16.8. The van der Waals surface area contributed by atoms with Crippen molar-refractivity contribution in [2.45, 2.75) is 112 Å². The number of aliphatic hydroxyl groups excluding tert-OH is 2.